The van der Waals surface area contributed by atoms with Gasteiger partial charge in [-0.05, 0) is 55.8 Å². The van der Waals surface area contributed by atoms with Crippen molar-refractivity contribution in [2.24, 2.45) is 0 Å². The molecule has 0 radical (unpaired) electrons. The first-order valence-corrected chi connectivity index (χ1v) is 11.8. The summed E-state index contributed by atoms with van der Waals surface area (Å²) in [6.07, 6.45) is 0. The normalized spacial score (nSPS) is 11.6. The summed E-state index contributed by atoms with van der Waals surface area (Å²) in [6.45, 7) is 3.86. The van der Waals surface area contributed by atoms with Gasteiger partial charge in [0.05, 0.1) is 17.7 Å². The Morgan fingerprint density at radius 1 is 1.07 bits per heavy atom. The Hall–Kier alpha value is -2.61. The van der Waals surface area contributed by atoms with Crippen LogP contribution in [0.25, 0.3) is 21.3 Å². The van der Waals surface area contributed by atoms with E-state index < -0.39 is 10.0 Å². The highest BCUT2D eigenvalue weighted by Gasteiger charge is 2.21. The summed E-state index contributed by atoms with van der Waals surface area (Å²) >= 11 is 7.53. The van der Waals surface area contributed by atoms with Crippen LogP contribution in [0.15, 0.2) is 59.5 Å². The van der Waals surface area contributed by atoms with Crippen molar-refractivity contribution in [3.8, 4) is 16.9 Å². The maximum atomic E-state index is 13.0. The van der Waals surface area contributed by atoms with Crippen LogP contribution in [0.4, 0.5) is 5.69 Å². The number of anilines is 1. The van der Waals surface area contributed by atoms with Crippen molar-refractivity contribution < 1.29 is 13.2 Å². The summed E-state index contributed by atoms with van der Waals surface area (Å²) in [5.74, 6) is 0.756. The number of rotatable bonds is 5. The van der Waals surface area contributed by atoms with Crippen molar-refractivity contribution in [3.05, 3.63) is 70.2 Å². The number of benzene rings is 2. The van der Waals surface area contributed by atoms with E-state index in [1.165, 1.54) is 23.5 Å². The fourth-order valence-corrected chi connectivity index (χ4v) is 5.83. The van der Waals surface area contributed by atoms with Crippen LogP contribution in [-0.2, 0) is 10.0 Å². The van der Waals surface area contributed by atoms with Gasteiger partial charge >= 0.3 is 0 Å². The number of aromatic nitrogens is 1. The molecule has 8 heteroatoms. The summed E-state index contributed by atoms with van der Waals surface area (Å²) in [5.41, 5.74) is 3.14. The highest BCUT2D eigenvalue weighted by atomic mass is 35.5. The third-order valence-electron chi connectivity index (χ3n) is 4.70. The molecule has 0 fully saturated rings. The van der Waals surface area contributed by atoms with Gasteiger partial charge in [0, 0.05) is 26.5 Å². The van der Waals surface area contributed by atoms with Crippen LogP contribution in [0.3, 0.4) is 0 Å². The van der Waals surface area contributed by atoms with Gasteiger partial charge in [-0.3, -0.25) is 4.72 Å². The van der Waals surface area contributed by atoms with Gasteiger partial charge in [0.1, 0.15) is 10.6 Å². The minimum atomic E-state index is -3.82. The summed E-state index contributed by atoms with van der Waals surface area (Å²) in [6, 6.07) is 15.6. The van der Waals surface area contributed by atoms with Crippen molar-refractivity contribution in [3.63, 3.8) is 0 Å². The van der Waals surface area contributed by atoms with E-state index in [1.54, 1.807) is 25.3 Å². The van der Waals surface area contributed by atoms with E-state index in [9.17, 15) is 8.42 Å². The molecule has 2 aromatic carbocycles. The van der Waals surface area contributed by atoms with Gasteiger partial charge in [-0.1, -0.05) is 29.8 Å². The lowest BCUT2D eigenvalue weighted by molar-refractivity contribution is 0.415. The highest BCUT2D eigenvalue weighted by Crippen LogP contribution is 2.42. The second-order valence-electron chi connectivity index (χ2n) is 6.82. The Kier molecular flexibility index (Phi) is 5.44. The first kappa shape index (κ1) is 20.7. The standard InChI is InChI=1S/C22H19ClN2O3S2/c1-13-11-19(25-30(26,27)18-6-4-5-16(23)12-18)21-20(14(2)29-22(21)24-13)15-7-9-17(28-3)10-8-15/h4-12H,1-3H3,(H,24,25). The number of methoxy groups -OCH3 is 1. The number of thiophene rings is 1. The van der Waals surface area contributed by atoms with Crippen LogP contribution >= 0.6 is 22.9 Å². The molecule has 4 rings (SSSR count). The molecular formula is C22H19ClN2O3S2. The lowest BCUT2D eigenvalue weighted by Gasteiger charge is -2.12. The Bertz CT molecular complexity index is 1350. The average molecular weight is 459 g/mol. The predicted octanol–water partition coefficient (Wildman–Crippen LogP) is 6.04. The van der Waals surface area contributed by atoms with Gasteiger partial charge < -0.3 is 4.74 Å². The molecule has 0 unspecified atom stereocenters. The Labute approximate surface area is 184 Å². The number of hydrogen-bond acceptors (Lipinski definition) is 5. The SMILES string of the molecule is COc1ccc(-c2c(C)sc3nc(C)cc(NS(=O)(=O)c4cccc(Cl)c4)c23)cc1. The fraction of sp³-hybridized carbons (Fsp3) is 0.136. The Morgan fingerprint density at radius 2 is 1.80 bits per heavy atom. The Morgan fingerprint density at radius 3 is 2.47 bits per heavy atom. The van der Waals surface area contributed by atoms with E-state index in [0.29, 0.717) is 10.7 Å². The molecule has 1 N–H and O–H groups in total. The lowest BCUT2D eigenvalue weighted by atomic mass is 10.0. The highest BCUT2D eigenvalue weighted by molar-refractivity contribution is 7.92. The smallest absolute Gasteiger partial charge is 0.261 e. The largest absolute Gasteiger partial charge is 0.497 e. The molecule has 2 heterocycles. The monoisotopic (exact) mass is 458 g/mol. The van der Waals surface area contributed by atoms with E-state index in [-0.39, 0.29) is 4.90 Å². The second-order valence-corrected chi connectivity index (χ2v) is 10.1. The maximum absolute atomic E-state index is 13.0. The zero-order valence-corrected chi connectivity index (χ0v) is 19.0. The van der Waals surface area contributed by atoms with Crippen molar-refractivity contribution in [2.45, 2.75) is 18.7 Å². The van der Waals surface area contributed by atoms with E-state index in [2.05, 4.69) is 9.71 Å². The zero-order valence-electron chi connectivity index (χ0n) is 16.6. The average Bonchev–Trinajstić information content (AvgIpc) is 3.03. The molecule has 0 saturated heterocycles. The van der Waals surface area contributed by atoms with Gasteiger partial charge in [-0.2, -0.15) is 0 Å². The first-order valence-electron chi connectivity index (χ1n) is 9.12. The number of nitrogens with zero attached hydrogens (tertiary/aromatic N) is 1. The van der Waals surface area contributed by atoms with Crippen molar-refractivity contribution in [2.75, 3.05) is 11.8 Å². The molecule has 0 saturated carbocycles. The van der Waals surface area contributed by atoms with Crippen molar-refractivity contribution in [1.82, 2.24) is 4.98 Å². The molecule has 0 aliphatic carbocycles. The molecule has 0 atom stereocenters. The predicted molar refractivity (Wildman–Crippen MR) is 123 cm³/mol. The van der Waals surface area contributed by atoms with Crippen LogP contribution in [0, 0.1) is 13.8 Å². The Balaban J connectivity index is 1.89. The van der Waals surface area contributed by atoms with Crippen LogP contribution < -0.4 is 9.46 Å². The number of ether oxygens (including phenoxy) is 1. The number of aryl methyl sites for hydroxylation is 2. The molecule has 0 amide bonds. The van der Waals surface area contributed by atoms with Crippen LogP contribution in [0.5, 0.6) is 5.75 Å². The van der Waals surface area contributed by atoms with Crippen LogP contribution in [0.2, 0.25) is 5.02 Å². The van der Waals surface area contributed by atoms with Gasteiger partial charge in [0.25, 0.3) is 10.0 Å². The molecule has 4 aromatic rings. The lowest BCUT2D eigenvalue weighted by Crippen LogP contribution is -2.13. The van der Waals surface area contributed by atoms with E-state index in [1.807, 2.05) is 38.1 Å². The first-order chi connectivity index (χ1) is 14.3. The molecule has 0 spiro atoms. The molecule has 154 valence electrons. The number of nitrogens with one attached hydrogen (secondary N) is 1. The molecule has 0 bridgehead atoms. The maximum Gasteiger partial charge on any atom is 0.261 e. The second kappa shape index (κ2) is 7.91. The van der Waals surface area contributed by atoms with E-state index in [0.717, 1.165) is 37.7 Å². The number of pyridine rings is 1. The van der Waals surface area contributed by atoms with Gasteiger partial charge in [0.2, 0.25) is 0 Å². The summed E-state index contributed by atoms with van der Waals surface area (Å²) in [4.78, 5) is 6.57. The summed E-state index contributed by atoms with van der Waals surface area (Å²) in [7, 11) is -2.20. The van der Waals surface area contributed by atoms with E-state index >= 15 is 0 Å². The molecule has 30 heavy (non-hydrogen) atoms. The van der Waals surface area contributed by atoms with Crippen molar-refractivity contribution in [1.29, 1.82) is 0 Å². The summed E-state index contributed by atoms with van der Waals surface area (Å²) < 4.78 is 34.1. The molecule has 2 aromatic heterocycles. The zero-order chi connectivity index (χ0) is 21.5. The van der Waals surface area contributed by atoms with Crippen LogP contribution in [0.1, 0.15) is 10.6 Å². The molecule has 0 aliphatic rings. The topological polar surface area (TPSA) is 68.3 Å². The third kappa shape index (κ3) is 3.88. The number of hydrogen-bond donors (Lipinski definition) is 1. The van der Waals surface area contributed by atoms with E-state index in [4.69, 9.17) is 16.3 Å². The van der Waals surface area contributed by atoms with Crippen molar-refractivity contribution >= 4 is 48.9 Å². The molecular weight excluding hydrogens is 440 g/mol. The van der Waals surface area contributed by atoms with Gasteiger partial charge in [0.15, 0.2) is 0 Å². The minimum Gasteiger partial charge on any atom is -0.497 e. The molecule has 0 aliphatic heterocycles. The minimum absolute atomic E-state index is 0.107. The number of fused-ring (bicyclic) bond motifs is 1. The fourth-order valence-electron chi connectivity index (χ4n) is 3.36. The summed E-state index contributed by atoms with van der Waals surface area (Å²) in [5, 5.41) is 1.14. The molecule has 5 nitrogen and oxygen atoms in total. The quantitative estimate of drug-likeness (QED) is 0.395. The third-order valence-corrected chi connectivity index (χ3v) is 7.29. The number of sulfonamides is 1. The van der Waals surface area contributed by atoms with Crippen LogP contribution in [-0.4, -0.2) is 20.5 Å². The van der Waals surface area contributed by atoms with Gasteiger partial charge in [-0.25, -0.2) is 13.4 Å². The van der Waals surface area contributed by atoms with Gasteiger partial charge in [-0.15, -0.1) is 11.3 Å². The number of halogens is 1.